The molecule has 0 radical (unpaired) electrons. The van der Waals surface area contributed by atoms with Crippen LogP contribution >= 0.6 is 24.0 Å². The molecule has 18 heavy (non-hydrogen) atoms. The first-order valence-electron chi connectivity index (χ1n) is 5.97. The first kappa shape index (κ1) is 13.6. The zero-order chi connectivity index (χ0) is 13.2. The molecular formula is C13H17FN2S2. The van der Waals surface area contributed by atoms with E-state index in [-0.39, 0.29) is 15.6 Å². The second-order valence-electron chi connectivity index (χ2n) is 4.81. The van der Waals surface area contributed by atoms with E-state index in [9.17, 15) is 4.39 Å². The highest BCUT2D eigenvalue weighted by molar-refractivity contribution is 8.00. The lowest BCUT2D eigenvalue weighted by Gasteiger charge is -2.23. The summed E-state index contributed by atoms with van der Waals surface area (Å²) in [6, 6.07) is 4.83. The fraction of sp³-hybridized carbons (Fsp3) is 0.462. The van der Waals surface area contributed by atoms with Crippen molar-refractivity contribution in [2.45, 2.75) is 24.5 Å². The van der Waals surface area contributed by atoms with Crippen LogP contribution in [0.1, 0.15) is 25.3 Å². The molecule has 98 valence electrons. The molecule has 3 N–H and O–H groups in total. The van der Waals surface area contributed by atoms with Crippen molar-refractivity contribution < 1.29 is 4.39 Å². The zero-order valence-corrected chi connectivity index (χ0v) is 12.0. The molecule has 0 amide bonds. The molecule has 1 aromatic rings. The van der Waals surface area contributed by atoms with Crippen LogP contribution in [0.4, 0.5) is 10.1 Å². The van der Waals surface area contributed by atoms with Gasteiger partial charge in [0.1, 0.15) is 10.8 Å². The zero-order valence-electron chi connectivity index (χ0n) is 10.3. The number of thioether (sulfide) groups is 1. The van der Waals surface area contributed by atoms with Crippen LogP contribution < -0.4 is 11.1 Å². The van der Waals surface area contributed by atoms with Gasteiger partial charge in [0.25, 0.3) is 0 Å². The lowest BCUT2D eigenvalue weighted by atomic mass is 10.1. The van der Waals surface area contributed by atoms with E-state index in [1.165, 1.54) is 24.7 Å². The average molecular weight is 284 g/mol. The molecule has 1 aliphatic heterocycles. The molecular weight excluding hydrogens is 267 g/mol. The molecule has 1 aromatic carbocycles. The normalized spacial score (nSPS) is 23.0. The third-order valence-electron chi connectivity index (χ3n) is 3.21. The molecule has 1 heterocycles. The first-order chi connectivity index (χ1) is 8.50. The molecule has 0 bridgehead atoms. The van der Waals surface area contributed by atoms with Gasteiger partial charge in [0.05, 0.1) is 5.69 Å². The number of benzene rings is 1. The molecule has 2 rings (SSSR count). The molecule has 5 heteroatoms. The van der Waals surface area contributed by atoms with Crippen molar-refractivity contribution in [3.8, 4) is 0 Å². The SMILES string of the molecule is CC1(CNc2ccc(C(N)=S)cc2F)CCCS1. The van der Waals surface area contributed by atoms with E-state index in [0.717, 1.165) is 6.54 Å². The van der Waals surface area contributed by atoms with Gasteiger partial charge < -0.3 is 11.1 Å². The number of thiocarbonyl (C=S) groups is 1. The van der Waals surface area contributed by atoms with Gasteiger partial charge >= 0.3 is 0 Å². The summed E-state index contributed by atoms with van der Waals surface area (Å²) in [6.45, 7) is 3.00. The summed E-state index contributed by atoms with van der Waals surface area (Å²) in [5, 5.41) is 3.18. The first-order valence-corrected chi connectivity index (χ1v) is 7.37. The van der Waals surface area contributed by atoms with Crippen LogP contribution in [0.15, 0.2) is 18.2 Å². The Balaban J connectivity index is 2.03. The Bertz CT molecular complexity index is 456. The number of rotatable bonds is 4. The maximum Gasteiger partial charge on any atom is 0.146 e. The van der Waals surface area contributed by atoms with Crippen LogP contribution in [-0.2, 0) is 0 Å². The van der Waals surface area contributed by atoms with E-state index in [4.69, 9.17) is 18.0 Å². The van der Waals surface area contributed by atoms with Crippen molar-refractivity contribution in [1.82, 2.24) is 0 Å². The molecule has 2 nitrogen and oxygen atoms in total. The van der Waals surface area contributed by atoms with Crippen molar-refractivity contribution in [1.29, 1.82) is 0 Å². The van der Waals surface area contributed by atoms with Gasteiger partial charge in [0, 0.05) is 16.9 Å². The van der Waals surface area contributed by atoms with Crippen LogP contribution in [-0.4, -0.2) is 22.0 Å². The molecule has 0 spiro atoms. The number of hydrogen-bond donors (Lipinski definition) is 2. The van der Waals surface area contributed by atoms with Gasteiger partial charge in [-0.3, -0.25) is 0 Å². The summed E-state index contributed by atoms with van der Waals surface area (Å²) in [5.41, 5.74) is 6.55. The van der Waals surface area contributed by atoms with Crippen LogP contribution in [0, 0.1) is 5.82 Å². The Morgan fingerprint density at radius 3 is 2.94 bits per heavy atom. The standard InChI is InChI=1S/C13H17FN2S2/c1-13(5-2-6-18-13)8-16-11-4-3-9(12(15)17)7-10(11)14/h3-4,7,16H,2,5-6,8H2,1H3,(H2,15,17). The van der Waals surface area contributed by atoms with Gasteiger partial charge in [-0.1, -0.05) is 12.2 Å². The summed E-state index contributed by atoms with van der Waals surface area (Å²) in [7, 11) is 0. The largest absolute Gasteiger partial charge is 0.389 e. The third kappa shape index (κ3) is 3.14. The predicted molar refractivity (Wildman–Crippen MR) is 80.9 cm³/mol. The minimum Gasteiger partial charge on any atom is -0.389 e. The number of anilines is 1. The molecule has 0 saturated carbocycles. The lowest BCUT2D eigenvalue weighted by molar-refractivity contribution is 0.614. The van der Waals surface area contributed by atoms with E-state index < -0.39 is 0 Å². The summed E-state index contributed by atoms with van der Waals surface area (Å²) in [6.07, 6.45) is 2.42. The maximum atomic E-state index is 13.8. The second-order valence-corrected chi connectivity index (χ2v) is 6.94. The molecule has 1 fully saturated rings. The number of nitrogens with two attached hydrogens (primary N) is 1. The van der Waals surface area contributed by atoms with Gasteiger partial charge in [0.15, 0.2) is 0 Å². The summed E-state index contributed by atoms with van der Waals surface area (Å²) >= 11 is 6.77. The Morgan fingerprint density at radius 1 is 1.61 bits per heavy atom. The van der Waals surface area contributed by atoms with Crippen LogP contribution in [0.3, 0.4) is 0 Å². The van der Waals surface area contributed by atoms with E-state index in [2.05, 4.69) is 12.2 Å². The van der Waals surface area contributed by atoms with Crippen molar-refractivity contribution >= 4 is 34.7 Å². The lowest BCUT2D eigenvalue weighted by Crippen LogP contribution is -2.27. The van der Waals surface area contributed by atoms with Gasteiger partial charge in [-0.15, -0.1) is 0 Å². The predicted octanol–water partition coefficient (Wildman–Crippen LogP) is 3.16. The molecule has 1 saturated heterocycles. The second kappa shape index (κ2) is 5.45. The van der Waals surface area contributed by atoms with Gasteiger partial charge in [0.2, 0.25) is 0 Å². The Kier molecular flexibility index (Phi) is 4.12. The van der Waals surface area contributed by atoms with E-state index in [1.807, 2.05) is 11.8 Å². The van der Waals surface area contributed by atoms with E-state index in [1.54, 1.807) is 12.1 Å². The third-order valence-corrected chi connectivity index (χ3v) is 4.98. The highest BCUT2D eigenvalue weighted by Gasteiger charge is 2.29. The number of nitrogens with one attached hydrogen (secondary N) is 1. The minimum absolute atomic E-state index is 0.217. The van der Waals surface area contributed by atoms with Crippen LogP contribution in [0.25, 0.3) is 0 Å². The van der Waals surface area contributed by atoms with Crippen molar-refractivity contribution in [3.05, 3.63) is 29.6 Å². The maximum absolute atomic E-state index is 13.8. The molecule has 1 unspecified atom stereocenters. The fourth-order valence-electron chi connectivity index (χ4n) is 2.07. The summed E-state index contributed by atoms with van der Waals surface area (Å²) < 4.78 is 14.0. The number of halogens is 1. The Hall–Kier alpha value is -0.810. The van der Waals surface area contributed by atoms with Crippen molar-refractivity contribution in [3.63, 3.8) is 0 Å². The van der Waals surface area contributed by atoms with Gasteiger partial charge in [-0.2, -0.15) is 11.8 Å². The monoisotopic (exact) mass is 284 g/mol. The van der Waals surface area contributed by atoms with Crippen molar-refractivity contribution in [2.75, 3.05) is 17.6 Å². The fourth-order valence-corrected chi connectivity index (χ4v) is 3.44. The number of hydrogen-bond acceptors (Lipinski definition) is 3. The van der Waals surface area contributed by atoms with E-state index >= 15 is 0 Å². The molecule has 1 aliphatic rings. The average Bonchev–Trinajstić information content (AvgIpc) is 2.75. The summed E-state index contributed by atoms with van der Waals surface area (Å²) in [4.78, 5) is 0.221. The smallest absolute Gasteiger partial charge is 0.146 e. The molecule has 1 atom stereocenters. The Morgan fingerprint density at radius 2 is 2.39 bits per heavy atom. The molecule has 0 aliphatic carbocycles. The summed E-state index contributed by atoms with van der Waals surface area (Å²) in [5.74, 6) is 0.896. The van der Waals surface area contributed by atoms with Crippen LogP contribution in [0.5, 0.6) is 0 Å². The highest BCUT2D eigenvalue weighted by atomic mass is 32.2. The topological polar surface area (TPSA) is 38.0 Å². The minimum atomic E-state index is -0.299. The van der Waals surface area contributed by atoms with Gasteiger partial charge in [-0.05, 0) is 43.7 Å². The van der Waals surface area contributed by atoms with Crippen molar-refractivity contribution in [2.24, 2.45) is 5.73 Å². The van der Waals surface area contributed by atoms with Gasteiger partial charge in [-0.25, -0.2) is 4.39 Å². The quantitative estimate of drug-likeness (QED) is 0.833. The van der Waals surface area contributed by atoms with Crippen LogP contribution in [0.2, 0.25) is 0 Å². The van der Waals surface area contributed by atoms with E-state index in [0.29, 0.717) is 11.3 Å². The molecule has 0 aromatic heterocycles. The Labute approximate surface area is 117 Å². The highest BCUT2D eigenvalue weighted by Crippen LogP contribution is 2.37.